The highest BCUT2D eigenvalue weighted by Gasteiger charge is 2.33. The fourth-order valence-electron chi connectivity index (χ4n) is 2.09. The van der Waals surface area contributed by atoms with E-state index in [1.807, 2.05) is 0 Å². The molecule has 0 saturated heterocycles. The Balaban J connectivity index is 2.04. The number of nitrogens with zero attached hydrogens (tertiary/aromatic N) is 4. The average Bonchev–Trinajstić information content (AvgIpc) is 2.70. The van der Waals surface area contributed by atoms with Gasteiger partial charge in [0.25, 0.3) is 17.7 Å². The number of carbonyl (C=O) groups is 3. The zero-order valence-corrected chi connectivity index (χ0v) is 12.9. The largest absolute Gasteiger partial charge is 0.286 e. The first kappa shape index (κ1) is 16.1. The second kappa shape index (κ2) is 7.22. The van der Waals surface area contributed by atoms with E-state index in [0.717, 1.165) is 0 Å². The van der Waals surface area contributed by atoms with E-state index in [2.05, 4.69) is 15.0 Å². The van der Waals surface area contributed by atoms with Crippen molar-refractivity contribution < 1.29 is 14.4 Å². The van der Waals surface area contributed by atoms with Gasteiger partial charge in [-0.1, -0.05) is 18.2 Å². The molecule has 25 heavy (non-hydrogen) atoms. The Labute approximate surface area is 143 Å². The average molecular weight is 332 g/mol. The second-order valence-corrected chi connectivity index (χ2v) is 4.90. The van der Waals surface area contributed by atoms with Crippen LogP contribution in [0, 0.1) is 0 Å². The maximum Gasteiger partial charge on any atom is 0.286 e. The minimum absolute atomic E-state index is 0.0314. The van der Waals surface area contributed by atoms with Crippen LogP contribution in [0.2, 0.25) is 0 Å². The smallest absolute Gasteiger partial charge is 0.266 e. The van der Waals surface area contributed by atoms with E-state index < -0.39 is 17.7 Å². The van der Waals surface area contributed by atoms with Crippen molar-refractivity contribution in [3.05, 3.63) is 90.3 Å². The van der Waals surface area contributed by atoms with Crippen molar-refractivity contribution in [2.24, 2.45) is 0 Å². The normalized spacial score (nSPS) is 10.1. The summed E-state index contributed by atoms with van der Waals surface area (Å²) in [6.07, 6.45) is 4.21. The Morgan fingerprint density at radius 2 is 0.880 bits per heavy atom. The lowest BCUT2D eigenvalue weighted by Crippen LogP contribution is -2.43. The van der Waals surface area contributed by atoms with Gasteiger partial charge in [0.05, 0.1) is 0 Å². The molecule has 122 valence electrons. The third-order valence-electron chi connectivity index (χ3n) is 3.26. The Kier molecular flexibility index (Phi) is 4.66. The Morgan fingerprint density at radius 1 is 0.560 bits per heavy atom. The van der Waals surface area contributed by atoms with Crippen molar-refractivity contribution in [2.75, 3.05) is 0 Å². The number of aromatic nitrogens is 3. The van der Waals surface area contributed by atoms with Crippen LogP contribution in [0.4, 0.5) is 0 Å². The number of carbonyl (C=O) groups excluding carboxylic acids is 3. The van der Waals surface area contributed by atoms with E-state index >= 15 is 0 Å². The third-order valence-corrected chi connectivity index (χ3v) is 3.26. The van der Waals surface area contributed by atoms with E-state index in [-0.39, 0.29) is 17.1 Å². The molecule has 0 unspecified atom stereocenters. The SMILES string of the molecule is O=C(c1ccccn1)N(C(=O)c1ccccn1)C(=O)c1ccccn1. The van der Waals surface area contributed by atoms with Crippen molar-refractivity contribution >= 4 is 17.7 Å². The standard InChI is InChI=1S/C18H12N4O3/c23-16(13-7-1-4-10-19-13)22(17(24)14-8-2-5-11-20-14)18(25)15-9-3-6-12-21-15/h1-12H. The van der Waals surface area contributed by atoms with E-state index in [9.17, 15) is 14.4 Å². The molecule has 3 aromatic heterocycles. The fourth-order valence-corrected chi connectivity index (χ4v) is 2.09. The van der Waals surface area contributed by atoms with Crippen molar-refractivity contribution in [1.82, 2.24) is 19.9 Å². The van der Waals surface area contributed by atoms with Gasteiger partial charge in [-0.3, -0.25) is 29.3 Å². The summed E-state index contributed by atoms with van der Waals surface area (Å²) in [4.78, 5) is 50.5. The van der Waals surface area contributed by atoms with Crippen LogP contribution >= 0.6 is 0 Å². The van der Waals surface area contributed by atoms with Gasteiger partial charge < -0.3 is 0 Å². The van der Waals surface area contributed by atoms with Crippen LogP contribution in [-0.2, 0) is 0 Å². The van der Waals surface area contributed by atoms with E-state index in [4.69, 9.17) is 0 Å². The van der Waals surface area contributed by atoms with Crippen molar-refractivity contribution in [3.8, 4) is 0 Å². The molecule has 0 saturated carbocycles. The second-order valence-electron chi connectivity index (χ2n) is 4.90. The molecule has 0 aliphatic carbocycles. The zero-order chi connectivity index (χ0) is 17.6. The van der Waals surface area contributed by atoms with Gasteiger partial charge >= 0.3 is 0 Å². The molecule has 7 heteroatoms. The molecule has 0 spiro atoms. The summed E-state index contributed by atoms with van der Waals surface area (Å²) in [6, 6.07) is 13.9. The van der Waals surface area contributed by atoms with Gasteiger partial charge in [-0.15, -0.1) is 0 Å². The number of rotatable bonds is 3. The third kappa shape index (κ3) is 3.45. The van der Waals surface area contributed by atoms with Gasteiger partial charge in [-0.2, -0.15) is 0 Å². The first-order valence-electron chi connectivity index (χ1n) is 7.34. The van der Waals surface area contributed by atoms with Crippen molar-refractivity contribution in [3.63, 3.8) is 0 Å². The predicted molar refractivity (Wildman–Crippen MR) is 87.5 cm³/mol. The molecule has 0 aromatic carbocycles. The van der Waals surface area contributed by atoms with Crippen LogP contribution in [0.25, 0.3) is 0 Å². The van der Waals surface area contributed by atoms with Gasteiger partial charge in [-0.25, -0.2) is 4.90 Å². The van der Waals surface area contributed by atoms with Crippen LogP contribution in [0.1, 0.15) is 31.5 Å². The van der Waals surface area contributed by atoms with Gasteiger partial charge in [0.1, 0.15) is 17.1 Å². The van der Waals surface area contributed by atoms with Crippen LogP contribution in [0.3, 0.4) is 0 Å². The van der Waals surface area contributed by atoms with Crippen molar-refractivity contribution in [1.29, 1.82) is 0 Å². The van der Waals surface area contributed by atoms with E-state index in [0.29, 0.717) is 4.90 Å². The lowest BCUT2D eigenvalue weighted by molar-refractivity contribution is 0.0530. The molecular weight excluding hydrogens is 320 g/mol. The fraction of sp³-hybridized carbons (Fsp3) is 0. The zero-order valence-electron chi connectivity index (χ0n) is 12.9. The Morgan fingerprint density at radius 3 is 1.12 bits per heavy atom. The van der Waals surface area contributed by atoms with Gasteiger partial charge in [0, 0.05) is 18.6 Å². The highest BCUT2D eigenvalue weighted by Crippen LogP contribution is 2.11. The molecule has 0 atom stereocenters. The highest BCUT2D eigenvalue weighted by atomic mass is 16.2. The molecule has 3 aromatic rings. The molecule has 3 heterocycles. The highest BCUT2D eigenvalue weighted by molar-refractivity contribution is 6.22. The molecule has 0 bridgehead atoms. The lowest BCUT2D eigenvalue weighted by Gasteiger charge is -2.17. The molecule has 0 aliphatic rings. The molecule has 0 aliphatic heterocycles. The topological polar surface area (TPSA) is 93.1 Å². The molecular formula is C18H12N4O3. The van der Waals surface area contributed by atoms with Gasteiger partial charge in [0.15, 0.2) is 0 Å². The summed E-state index contributed by atoms with van der Waals surface area (Å²) in [5.41, 5.74) is -0.0943. The first-order chi connectivity index (χ1) is 12.2. The minimum Gasteiger partial charge on any atom is -0.266 e. The first-order valence-corrected chi connectivity index (χ1v) is 7.34. The maximum atomic E-state index is 12.7. The number of pyridine rings is 3. The summed E-state index contributed by atoms with van der Waals surface area (Å²) in [7, 11) is 0. The summed E-state index contributed by atoms with van der Waals surface area (Å²) in [5.74, 6) is -2.52. The van der Waals surface area contributed by atoms with Crippen LogP contribution < -0.4 is 0 Å². The lowest BCUT2D eigenvalue weighted by atomic mass is 10.2. The number of hydrogen-bond donors (Lipinski definition) is 0. The number of imide groups is 3. The molecule has 0 fully saturated rings. The molecule has 7 nitrogen and oxygen atoms in total. The molecule has 3 rings (SSSR count). The van der Waals surface area contributed by atoms with E-state index in [1.165, 1.54) is 36.8 Å². The Bertz CT molecular complexity index is 777. The Hall–Kier alpha value is -3.74. The number of hydrogen-bond acceptors (Lipinski definition) is 6. The van der Waals surface area contributed by atoms with Gasteiger partial charge in [-0.05, 0) is 36.4 Å². The van der Waals surface area contributed by atoms with Gasteiger partial charge in [0.2, 0.25) is 0 Å². The van der Waals surface area contributed by atoms with Crippen molar-refractivity contribution in [2.45, 2.75) is 0 Å². The quantitative estimate of drug-likeness (QED) is 0.681. The summed E-state index contributed by atoms with van der Waals surface area (Å²) >= 11 is 0. The number of amides is 3. The molecule has 0 N–H and O–H groups in total. The summed E-state index contributed by atoms with van der Waals surface area (Å²) in [6.45, 7) is 0. The maximum absolute atomic E-state index is 12.7. The van der Waals surface area contributed by atoms with Crippen LogP contribution in [0.5, 0.6) is 0 Å². The summed E-state index contributed by atoms with van der Waals surface area (Å²) < 4.78 is 0. The van der Waals surface area contributed by atoms with E-state index in [1.54, 1.807) is 36.4 Å². The molecule has 3 amide bonds. The minimum atomic E-state index is -0.841. The monoisotopic (exact) mass is 332 g/mol. The molecule has 0 radical (unpaired) electrons. The predicted octanol–water partition coefficient (Wildman–Crippen LogP) is 1.99. The van der Waals surface area contributed by atoms with Crippen LogP contribution in [-0.4, -0.2) is 37.6 Å². The van der Waals surface area contributed by atoms with Crippen LogP contribution in [0.15, 0.2) is 73.2 Å². The summed E-state index contributed by atoms with van der Waals surface area (Å²) in [5, 5.41) is 0.